The van der Waals surface area contributed by atoms with Crippen molar-refractivity contribution in [2.24, 2.45) is 5.41 Å². The third kappa shape index (κ3) is 4.41. The quantitative estimate of drug-likeness (QED) is 0.809. The molecule has 2 nitrogen and oxygen atoms in total. The molecule has 0 aromatic carbocycles. The Kier molecular flexibility index (Phi) is 5.63. The first-order valence-corrected chi connectivity index (χ1v) is 7.22. The number of aliphatic hydroxyl groups excluding tert-OH is 1. The largest absolute Gasteiger partial charge is 0.396 e. The minimum absolute atomic E-state index is 0.0262. The Hall–Kier alpha value is -0.380. The van der Waals surface area contributed by atoms with Gasteiger partial charge in [0.2, 0.25) is 0 Å². The highest BCUT2D eigenvalue weighted by atomic mass is 32.1. The molecule has 0 aliphatic rings. The SMILES string of the molecule is CCC(C)(CO)CN(C)C(C)Cc1cccs1. The molecule has 98 valence electrons. The fourth-order valence-electron chi connectivity index (χ4n) is 1.91. The van der Waals surface area contributed by atoms with Crippen LogP contribution in [0.15, 0.2) is 17.5 Å². The molecule has 0 bridgehead atoms. The zero-order valence-corrected chi connectivity index (χ0v) is 12.3. The molecule has 0 spiro atoms. The van der Waals surface area contributed by atoms with Crippen LogP contribution in [0.25, 0.3) is 0 Å². The van der Waals surface area contributed by atoms with Gasteiger partial charge in [-0.1, -0.05) is 19.9 Å². The number of rotatable bonds is 7. The van der Waals surface area contributed by atoms with E-state index in [1.807, 2.05) is 11.3 Å². The zero-order valence-electron chi connectivity index (χ0n) is 11.4. The van der Waals surface area contributed by atoms with Crippen molar-refractivity contribution in [3.8, 4) is 0 Å². The van der Waals surface area contributed by atoms with E-state index in [0.717, 1.165) is 19.4 Å². The molecule has 0 fully saturated rings. The molecule has 0 amide bonds. The van der Waals surface area contributed by atoms with Gasteiger partial charge in [0.15, 0.2) is 0 Å². The second-order valence-corrected chi connectivity index (χ2v) is 6.40. The molecule has 1 aromatic heterocycles. The monoisotopic (exact) mass is 255 g/mol. The van der Waals surface area contributed by atoms with Crippen molar-refractivity contribution >= 4 is 11.3 Å². The van der Waals surface area contributed by atoms with E-state index in [-0.39, 0.29) is 12.0 Å². The molecule has 1 heterocycles. The van der Waals surface area contributed by atoms with Crippen LogP contribution in [0, 0.1) is 5.41 Å². The Bertz CT molecular complexity index is 306. The summed E-state index contributed by atoms with van der Waals surface area (Å²) in [5.74, 6) is 0. The number of thiophene rings is 1. The van der Waals surface area contributed by atoms with Gasteiger partial charge >= 0.3 is 0 Å². The van der Waals surface area contributed by atoms with Crippen molar-refractivity contribution < 1.29 is 5.11 Å². The summed E-state index contributed by atoms with van der Waals surface area (Å²) in [6.07, 6.45) is 2.11. The standard InChI is InChI=1S/C14H25NOS/c1-5-14(3,11-16)10-15(4)12(2)9-13-7-6-8-17-13/h6-8,12,16H,5,9-11H2,1-4H3. The lowest BCUT2D eigenvalue weighted by molar-refractivity contribution is 0.0809. The van der Waals surface area contributed by atoms with E-state index in [2.05, 4.69) is 50.2 Å². The van der Waals surface area contributed by atoms with Crippen LogP contribution in [0.2, 0.25) is 0 Å². The van der Waals surface area contributed by atoms with Crippen LogP contribution in [0.4, 0.5) is 0 Å². The summed E-state index contributed by atoms with van der Waals surface area (Å²) in [4.78, 5) is 3.80. The summed E-state index contributed by atoms with van der Waals surface area (Å²) in [6.45, 7) is 7.77. The Morgan fingerprint density at radius 1 is 1.53 bits per heavy atom. The minimum atomic E-state index is 0.0262. The topological polar surface area (TPSA) is 23.5 Å². The van der Waals surface area contributed by atoms with Gasteiger partial charge in [-0.2, -0.15) is 0 Å². The molecule has 2 atom stereocenters. The van der Waals surface area contributed by atoms with Gasteiger partial charge in [-0.15, -0.1) is 11.3 Å². The lowest BCUT2D eigenvalue weighted by Crippen LogP contribution is -2.41. The molecule has 0 saturated carbocycles. The predicted molar refractivity (Wildman–Crippen MR) is 75.6 cm³/mol. The molecule has 1 N–H and O–H groups in total. The maximum atomic E-state index is 9.45. The maximum Gasteiger partial charge on any atom is 0.0496 e. The fourth-order valence-corrected chi connectivity index (χ4v) is 2.73. The molecule has 3 heteroatoms. The molecule has 0 radical (unpaired) electrons. The Labute approximate surface area is 109 Å². The van der Waals surface area contributed by atoms with Gasteiger partial charge in [0.05, 0.1) is 0 Å². The van der Waals surface area contributed by atoms with Crippen molar-refractivity contribution in [3.63, 3.8) is 0 Å². The zero-order chi connectivity index (χ0) is 12.9. The van der Waals surface area contributed by atoms with Crippen molar-refractivity contribution in [2.75, 3.05) is 20.2 Å². The molecule has 0 saturated heterocycles. The summed E-state index contributed by atoms with van der Waals surface area (Å²) < 4.78 is 0. The van der Waals surface area contributed by atoms with Crippen molar-refractivity contribution in [1.82, 2.24) is 4.90 Å². The average Bonchev–Trinajstić information content (AvgIpc) is 2.81. The van der Waals surface area contributed by atoms with Crippen molar-refractivity contribution in [1.29, 1.82) is 0 Å². The van der Waals surface area contributed by atoms with E-state index >= 15 is 0 Å². The van der Waals surface area contributed by atoms with Gasteiger partial charge in [0.1, 0.15) is 0 Å². The highest BCUT2D eigenvalue weighted by molar-refractivity contribution is 7.09. The normalized spacial score (nSPS) is 17.1. The van der Waals surface area contributed by atoms with E-state index in [0.29, 0.717) is 6.04 Å². The van der Waals surface area contributed by atoms with E-state index in [1.54, 1.807) is 0 Å². The highest BCUT2D eigenvalue weighted by Gasteiger charge is 2.25. The smallest absolute Gasteiger partial charge is 0.0496 e. The number of likely N-dealkylation sites (N-methyl/N-ethyl adjacent to an activating group) is 1. The van der Waals surface area contributed by atoms with Crippen LogP contribution < -0.4 is 0 Å². The summed E-state index contributed by atoms with van der Waals surface area (Å²) >= 11 is 1.82. The number of hydrogen-bond donors (Lipinski definition) is 1. The van der Waals surface area contributed by atoms with Gasteiger partial charge in [-0.05, 0) is 38.3 Å². The van der Waals surface area contributed by atoms with Gasteiger partial charge in [0.25, 0.3) is 0 Å². The Morgan fingerprint density at radius 2 is 2.24 bits per heavy atom. The van der Waals surface area contributed by atoms with Crippen LogP contribution >= 0.6 is 11.3 Å². The van der Waals surface area contributed by atoms with Crippen LogP contribution in [0.1, 0.15) is 32.1 Å². The molecule has 17 heavy (non-hydrogen) atoms. The lowest BCUT2D eigenvalue weighted by Gasteiger charge is -2.34. The van der Waals surface area contributed by atoms with Crippen LogP contribution in [0.3, 0.4) is 0 Å². The first-order chi connectivity index (χ1) is 8.00. The molecule has 1 rings (SSSR count). The maximum absolute atomic E-state index is 9.45. The van der Waals surface area contributed by atoms with Gasteiger partial charge < -0.3 is 10.0 Å². The first-order valence-electron chi connectivity index (χ1n) is 6.34. The van der Waals surface area contributed by atoms with Crippen molar-refractivity contribution in [3.05, 3.63) is 22.4 Å². The molecule has 2 unspecified atom stereocenters. The number of aliphatic hydroxyl groups is 1. The van der Waals surface area contributed by atoms with E-state index < -0.39 is 0 Å². The third-order valence-electron chi connectivity index (χ3n) is 3.70. The minimum Gasteiger partial charge on any atom is -0.396 e. The summed E-state index contributed by atoms with van der Waals surface area (Å²) in [7, 11) is 2.15. The van der Waals surface area contributed by atoms with Gasteiger partial charge in [0, 0.05) is 29.5 Å². The molecule has 1 aromatic rings. The summed E-state index contributed by atoms with van der Waals surface area (Å²) in [5.41, 5.74) is 0.0262. The van der Waals surface area contributed by atoms with E-state index in [4.69, 9.17) is 0 Å². The molecular formula is C14H25NOS. The van der Waals surface area contributed by atoms with E-state index in [1.165, 1.54) is 4.88 Å². The Morgan fingerprint density at radius 3 is 2.71 bits per heavy atom. The second-order valence-electron chi connectivity index (χ2n) is 5.37. The number of hydrogen-bond acceptors (Lipinski definition) is 3. The summed E-state index contributed by atoms with van der Waals surface area (Å²) in [5, 5.41) is 11.6. The van der Waals surface area contributed by atoms with Crippen LogP contribution in [-0.4, -0.2) is 36.2 Å². The molecule has 0 aliphatic carbocycles. The molecular weight excluding hydrogens is 230 g/mol. The summed E-state index contributed by atoms with van der Waals surface area (Å²) in [6, 6.07) is 4.82. The van der Waals surface area contributed by atoms with Crippen molar-refractivity contribution in [2.45, 2.75) is 39.7 Å². The second kappa shape index (κ2) is 6.53. The lowest BCUT2D eigenvalue weighted by atomic mass is 9.87. The van der Waals surface area contributed by atoms with E-state index in [9.17, 15) is 5.11 Å². The molecule has 0 aliphatic heterocycles. The van der Waals surface area contributed by atoms with Gasteiger partial charge in [-0.25, -0.2) is 0 Å². The highest BCUT2D eigenvalue weighted by Crippen LogP contribution is 2.23. The van der Waals surface area contributed by atoms with Crippen LogP contribution in [0.5, 0.6) is 0 Å². The fraction of sp³-hybridized carbons (Fsp3) is 0.714. The predicted octanol–water partition coefficient (Wildman–Crippen LogP) is 3.02. The third-order valence-corrected chi connectivity index (χ3v) is 4.59. The number of nitrogens with zero attached hydrogens (tertiary/aromatic N) is 1. The first kappa shape index (κ1) is 14.7. The average molecular weight is 255 g/mol. The Balaban J connectivity index is 2.49. The van der Waals surface area contributed by atoms with Crippen LogP contribution in [-0.2, 0) is 6.42 Å². The van der Waals surface area contributed by atoms with Gasteiger partial charge in [-0.3, -0.25) is 0 Å².